The fraction of sp³-hybridized carbons (Fsp3) is 0.917. The molecule has 94 valence electrons. The topological polar surface area (TPSA) is 55.6 Å². The summed E-state index contributed by atoms with van der Waals surface area (Å²) in [5.41, 5.74) is 5.89. The number of ether oxygens (including phenoxy) is 1. The minimum atomic E-state index is -0.373. The Balaban J connectivity index is 2.48. The van der Waals surface area contributed by atoms with Crippen molar-refractivity contribution in [2.24, 2.45) is 17.6 Å². The van der Waals surface area contributed by atoms with Crippen LogP contribution in [0.3, 0.4) is 0 Å². The smallest absolute Gasteiger partial charge is 0.239 e. The lowest BCUT2D eigenvalue weighted by atomic mass is 10.0. The molecule has 4 heteroatoms. The maximum atomic E-state index is 12.1. The molecule has 1 aliphatic rings. The van der Waals surface area contributed by atoms with Gasteiger partial charge in [0, 0.05) is 25.6 Å². The summed E-state index contributed by atoms with van der Waals surface area (Å²) in [5.74, 6) is 0.758. The van der Waals surface area contributed by atoms with Crippen molar-refractivity contribution in [3.63, 3.8) is 0 Å². The van der Waals surface area contributed by atoms with Gasteiger partial charge in [-0.15, -0.1) is 0 Å². The SMILES string of the molecule is CCN(CC1CCOC1)C(=O)C(N)C(C)C. The van der Waals surface area contributed by atoms with Crippen LogP contribution in [0.2, 0.25) is 0 Å². The number of rotatable bonds is 5. The molecule has 0 spiro atoms. The quantitative estimate of drug-likeness (QED) is 0.759. The molecule has 2 atom stereocenters. The van der Waals surface area contributed by atoms with E-state index in [-0.39, 0.29) is 17.9 Å². The molecule has 0 saturated carbocycles. The second-order valence-electron chi connectivity index (χ2n) is 4.88. The molecule has 0 aromatic rings. The molecular formula is C12H24N2O2. The highest BCUT2D eigenvalue weighted by atomic mass is 16.5. The third-order valence-electron chi connectivity index (χ3n) is 3.20. The highest BCUT2D eigenvalue weighted by molar-refractivity contribution is 5.81. The van der Waals surface area contributed by atoms with Crippen molar-refractivity contribution in [3.05, 3.63) is 0 Å². The van der Waals surface area contributed by atoms with Crippen molar-refractivity contribution in [1.82, 2.24) is 4.90 Å². The number of carbonyl (C=O) groups excluding carboxylic acids is 1. The second-order valence-corrected chi connectivity index (χ2v) is 4.88. The van der Waals surface area contributed by atoms with E-state index < -0.39 is 0 Å². The summed E-state index contributed by atoms with van der Waals surface area (Å²) < 4.78 is 5.32. The first-order valence-electron chi connectivity index (χ1n) is 6.18. The van der Waals surface area contributed by atoms with Gasteiger partial charge in [-0.25, -0.2) is 0 Å². The molecule has 0 aliphatic carbocycles. The normalized spacial score (nSPS) is 22.4. The average Bonchev–Trinajstić information content (AvgIpc) is 2.76. The number of nitrogens with two attached hydrogens (primary N) is 1. The largest absolute Gasteiger partial charge is 0.381 e. The van der Waals surface area contributed by atoms with Gasteiger partial charge in [-0.2, -0.15) is 0 Å². The molecule has 0 bridgehead atoms. The number of nitrogens with zero attached hydrogens (tertiary/aromatic N) is 1. The van der Waals surface area contributed by atoms with E-state index in [1.54, 1.807) is 0 Å². The summed E-state index contributed by atoms with van der Waals surface area (Å²) in [6.45, 7) is 9.09. The maximum absolute atomic E-state index is 12.1. The van der Waals surface area contributed by atoms with Crippen molar-refractivity contribution >= 4 is 5.91 Å². The minimum absolute atomic E-state index is 0.0735. The summed E-state index contributed by atoms with van der Waals surface area (Å²) >= 11 is 0. The van der Waals surface area contributed by atoms with E-state index in [9.17, 15) is 4.79 Å². The van der Waals surface area contributed by atoms with Crippen molar-refractivity contribution in [1.29, 1.82) is 0 Å². The van der Waals surface area contributed by atoms with Gasteiger partial charge in [-0.05, 0) is 19.3 Å². The van der Waals surface area contributed by atoms with Crippen LogP contribution in [0.4, 0.5) is 0 Å². The van der Waals surface area contributed by atoms with Gasteiger partial charge in [0.15, 0.2) is 0 Å². The van der Waals surface area contributed by atoms with Crippen LogP contribution in [0.25, 0.3) is 0 Å². The third kappa shape index (κ3) is 3.46. The Morgan fingerprint density at radius 3 is 2.69 bits per heavy atom. The Hall–Kier alpha value is -0.610. The van der Waals surface area contributed by atoms with Crippen molar-refractivity contribution in [2.45, 2.75) is 33.2 Å². The monoisotopic (exact) mass is 228 g/mol. The van der Waals surface area contributed by atoms with Crippen LogP contribution >= 0.6 is 0 Å². The van der Waals surface area contributed by atoms with E-state index in [1.165, 1.54) is 0 Å². The highest BCUT2D eigenvalue weighted by Gasteiger charge is 2.26. The molecule has 1 aliphatic heterocycles. The van der Waals surface area contributed by atoms with Crippen LogP contribution in [-0.2, 0) is 9.53 Å². The van der Waals surface area contributed by atoms with Crippen LogP contribution in [-0.4, -0.2) is 43.2 Å². The number of carbonyl (C=O) groups is 1. The zero-order valence-electron chi connectivity index (χ0n) is 10.6. The van der Waals surface area contributed by atoms with Crippen molar-refractivity contribution < 1.29 is 9.53 Å². The summed E-state index contributed by atoms with van der Waals surface area (Å²) in [6, 6.07) is -0.373. The lowest BCUT2D eigenvalue weighted by Crippen LogP contribution is -2.48. The first-order chi connectivity index (χ1) is 7.56. The molecule has 1 rings (SSSR count). The molecule has 1 fully saturated rings. The molecule has 0 aromatic heterocycles. The van der Waals surface area contributed by atoms with Gasteiger partial charge in [-0.3, -0.25) is 4.79 Å². The molecule has 0 aromatic carbocycles. The molecule has 1 saturated heterocycles. The lowest BCUT2D eigenvalue weighted by Gasteiger charge is -2.28. The minimum Gasteiger partial charge on any atom is -0.381 e. The van der Waals surface area contributed by atoms with Gasteiger partial charge in [0.1, 0.15) is 0 Å². The number of hydrogen-bond acceptors (Lipinski definition) is 3. The van der Waals surface area contributed by atoms with E-state index in [0.717, 1.165) is 32.7 Å². The van der Waals surface area contributed by atoms with E-state index in [1.807, 2.05) is 25.7 Å². The third-order valence-corrected chi connectivity index (χ3v) is 3.20. The maximum Gasteiger partial charge on any atom is 0.239 e. The Kier molecular flexibility index (Phi) is 5.22. The first-order valence-corrected chi connectivity index (χ1v) is 6.18. The van der Waals surface area contributed by atoms with Crippen LogP contribution in [0, 0.1) is 11.8 Å². The van der Waals surface area contributed by atoms with Gasteiger partial charge in [0.2, 0.25) is 5.91 Å². The van der Waals surface area contributed by atoms with Gasteiger partial charge in [0.05, 0.1) is 12.6 Å². The fourth-order valence-electron chi connectivity index (χ4n) is 1.91. The molecule has 1 amide bonds. The van der Waals surface area contributed by atoms with E-state index in [4.69, 9.17) is 10.5 Å². The van der Waals surface area contributed by atoms with Crippen LogP contribution in [0.1, 0.15) is 27.2 Å². The van der Waals surface area contributed by atoms with Crippen LogP contribution in [0.15, 0.2) is 0 Å². The summed E-state index contributed by atoms with van der Waals surface area (Å²) in [6.07, 6.45) is 1.06. The summed E-state index contributed by atoms with van der Waals surface area (Å²) in [5, 5.41) is 0. The predicted octanol–water partition coefficient (Wildman–Crippen LogP) is 0.855. The van der Waals surface area contributed by atoms with Gasteiger partial charge >= 0.3 is 0 Å². The molecule has 4 nitrogen and oxygen atoms in total. The Bertz CT molecular complexity index is 225. The Morgan fingerprint density at radius 2 is 2.25 bits per heavy atom. The molecule has 2 unspecified atom stereocenters. The second kappa shape index (κ2) is 6.21. The molecule has 16 heavy (non-hydrogen) atoms. The first kappa shape index (κ1) is 13.5. The van der Waals surface area contributed by atoms with Gasteiger partial charge in [-0.1, -0.05) is 13.8 Å². The number of amides is 1. The van der Waals surface area contributed by atoms with E-state index in [0.29, 0.717) is 5.92 Å². The van der Waals surface area contributed by atoms with E-state index >= 15 is 0 Å². The predicted molar refractivity (Wildman–Crippen MR) is 64.0 cm³/mol. The van der Waals surface area contributed by atoms with Crippen LogP contribution < -0.4 is 5.73 Å². The Morgan fingerprint density at radius 1 is 1.56 bits per heavy atom. The fourth-order valence-corrected chi connectivity index (χ4v) is 1.91. The Labute approximate surface area is 98.1 Å². The van der Waals surface area contributed by atoms with Gasteiger partial charge in [0.25, 0.3) is 0 Å². The number of hydrogen-bond donors (Lipinski definition) is 1. The molecular weight excluding hydrogens is 204 g/mol. The molecule has 1 heterocycles. The highest BCUT2D eigenvalue weighted by Crippen LogP contribution is 2.15. The molecule has 0 radical (unpaired) electrons. The lowest BCUT2D eigenvalue weighted by molar-refractivity contribution is -0.134. The zero-order chi connectivity index (χ0) is 12.1. The van der Waals surface area contributed by atoms with Crippen LogP contribution in [0.5, 0.6) is 0 Å². The standard InChI is InChI=1S/C12H24N2O2/c1-4-14(7-10-5-6-16-8-10)12(15)11(13)9(2)3/h9-11H,4-8,13H2,1-3H3. The molecule has 2 N–H and O–H groups in total. The number of likely N-dealkylation sites (N-methyl/N-ethyl adjacent to an activating group) is 1. The van der Waals surface area contributed by atoms with E-state index in [2.05, 4.69) is 0 Å². The van der Waals surface area contributed by atoms with Gasteiger partial charge < -0.3 is 15.4 Å². The summed E-state index contributed by atoms with van der Waals surface area (Å²) in [7, 11) is 0. The summed E-state index contributed by atoms with van der Waals surface area (Å²) in [4.78, 5) is 13.9. The average molecular weight is 228 g/mol. The van der Waals surface area contributed by atoms with Crippen molar-refractivity contribution in [2.75, 3.05) is 26.3 Å². The van der Waals surface area contributed by atoms with Crippen molar-refractivity contribution in [3.8, 4) is 0 Å². The zero-order valence-corrected chi connectivity index (χ0v) is 10.6.